The Labute approximate surface area is 163 Å². The Bertz CT molecular complexity index is 866. The minimum atomic E-state index is -1.48. The van der Waals surface area contributed by atoms with Gasteiger partial charge in [0.15, 0.2) is 5.72 Å². The van der Waals surface area contributed by atoms with Gasteiger partial charge in [0.05, 0.1) is 18.6 Å². The highest BCUT2D eigenvalue weighted by Gasteiger charge is 2.61. The zero-order valence-electron chi connectivity index (χ0n) is 15.7. The maximum Gasteiger partial charge on any atom is 0.363 e. The molecule has 6 nitrogen and oxygen atoms in total. The first-order valence-corrected chi connectivity index (χ1v) is 9.52. The van der Waals surface area contributed by atoms with E-state index >= 15 is 0 Å². The lowest BCUT2D eigenvalue weighted by Gasteiger charge is -2.39. The van der Waals surface area contributed by atoms with Gasteiger partial charge >= 0.3 is 5.97 Å². The van der Waals surface area contributed by atoms with Crippen LogP contribution in [0.15, 0.2) is 54.6 Å². The highest BCUT2D eigenvalue weighted by atomic mass is 16.7. The largest absolute Gasteiger partial charge is 0.497 e. The standard InChI is InChI=1S/C22H23NO5/c1-27-17-12-10-15(11-13-17)19-18-9-5-6-14-22(18,26)23(20(19)24)28-21(25)16-7-3-2-4-8-16/h2-4,7-8,10-13,18-19,26H,5-6,9,14H2,1H3/t18-,19-,22+/m1/s1. The van der Waals surface area contributed by atoms with Gasteiger partial charge in [0.25, 0.3) is 5.91 Å². The van der Waals surface area contributed by atoms with Crippen molar-refractivity contribution in [3.63, 3.8) is 0 Å². The zero-order chi connectivity index (χ0) is 19.7. The molecule has 1 saturated heterocycles. The fraction of sp³-hybridized carbons (Fsp3) is 0.364. The second-order valence-corrected chi connectivity index (χ2v) is 7.36. The fourth-order valence-corrected chi connectivity index (χ4v) is 4.36. The van der Waals surface area contributed by atoms with Crippen molar-refractivity contribution in [2.24, 2.45) is 5.92 Å². The molecule has 1 amide bonds. The number of methoxy groups -OCH3 is 1. The van der Waals surface area contributed by atoms with E-state index in [1.54, 1.807) is 49.6 Å². The Hall–Kier alpha value is -2.86. The Morgan fingerprint density at radius 2 is 1.82 bits per heavy atom. The van der Waals surface area contributed by atoms with Crippen LogP contribution in [0.2, 0.25) is 0 Å². The molecule has 1 saturated carbocycles. The first-order valence-electron chi connectivity index (χ1n) is 9.52. The van der Waals surface area contributed by atoms with Crippen LogP contribution in [-0.4, -0.2) is 34.9 Å². The highest BCUT2D eigenvalue weighted by Crippen LogP contribution is 2.51. The van der Waals surface area contributed by atoms with Crippen LogP contribution in [0.4, 0.5) is 0 Å². The third-order valence-corrected chi connectivity index (χ3v) is 5.78. The second-order valence-electron chi connectivity index (χ2n) is 7.36. The Morgan fingerprint density at radius 1 is 1.11 bits per heavy atom. The van der Waals surface area contributed by atoms with Gasteiger partial charge < -0.3 is 14.7 Å². The Kier molecular flexibility index (Phi) is 4.81. The molecule has 3 atom stereocenters. The number of carbonyl (C=O) groups excluding carboxylic acids is 2. The number of hydroxylamine groups is 2. The number of benzene rings is 2. The zero-order valence-corrected chi connectivity index (χ0v) is 15.7. The molecule has 2 fully saturated rings. The maximum absolute atomic E-state index is 13.3. The third-order valence-electron chi connectivity index (χ3n) is 5.78. The molecule has 1 aliphatic carbocycles. The molecule has 2 aromatic carbocycles. The number of nitrogens with zero attached hydrogens (tertiary/aromatic N) is 1. The summed E-state index contributed by atoms with van der Waals surface area (Å²) < 4.78 is 5.19. The van der Waals surface area contributed by atoms with E-state index in [1.165, 1.54) is 0 Å². The topological polar surface area (TPSA) is 76.1 Å². The molecule has 0 aromatic heterocycles. The van der Waals surface area contributed by atoms with E-state index in [9.17, 15) is 14.7 Å². The lowest BCUT2D eigenvalue weighted by Crippen LogP contribution is -2.51. The summed E-state index contributed by atoms with van der Waals surface area (Å²) in [7, 11) is 1.58. The van der Waals surface area contributed by atoms with Crippen molar-refractivity contribution in [2.75, 3.05) is 7.11 Å². The van der Waals surface area contributed by atoms with Crippen LogP contribution in [-0.2, 0) is 9.63 Å². The molecular formula is C22H23NO5. The van der Waals surface area contributed by atoms with Crippen molar-refractivity contribution in [2.45, 2.75) is 37.3 Å². The fourth-order valence-electron chi connectivity index (χ4n) is 4.36. The van der Waals surface area contributed by atoms with E-state index in [0.29, 0.717) is 24.2 Å². The van der Waals surface area contributed by atoms with Gasteiger partial charge in [-0.25, -0.2) is 4.79 Å². The molecule has 0 unspecified atom stereocenters. The van der Waals surface area contributed by atoms with Crippen LogP contribution in [0.3, 0.4) is 0 Å². The van der Waals surface area contributed by atoms with E-state index in [2.05, 4.69) is 0 Å². The average Bonchev–Trinajstić information content (AvgIpc) is 2.95. The van der Waals surface area contributed by atoms with Gasteiger partial charge in [0.2, 0.25) is 0 Å². The maximum atomic E-state index is 13.3. The van der Waals surface area contributed by atoms with Crippen LogP contribution in [0.5, 0.6) is 5.75 Å². The van der Waals surface area contributed by atoms with E-state index in [-0.39, 0.29) is 11.8 Å². The van der Waals surface area contributed by atoms with Crippen molar-refractivity contribution in [3.8, 4) is 5.75 Å². The van der Waals surface area contributed by atoms with E-state index in [0.717, 1.165) is 23.5 Å². The van der Waals surface area contributed by atoms with Crippen molar-refractivity contribution < 1.29 is 24.3 Å². The summed E-state index contributed by atoms with van der Waals surface area (Å²) in [6, 6.07) is 15.7. The number of amides is 1. The third kappa shape index (κ3) is 3.03. The predicted octanol–water partition coefficient (Wildman–Crippen LogP) is 3.27. The molecule has 6 heteroatoms. The Morgan fingerprint density at radius 3 is 2.50 bits per heavy atom. The number of carbonyl (C=O) groups is 2. The molecular weight excluding hydrogens is 358 g/mol. The predicted molar refractivity (Wildman–Crippen MR) is 101 cm³/mol. The van der Waals surface area contributed by atoms with E-state index < -0.39 is 17.6 Å². The Balaban J connectivity index is 1.66. The van der Waals surface area contributed by atoms with Gasteiger partial charge in [-0.1, -0.05) is 36.8 Å². The van der Waals surface area contributed by atoms with Gasteiger partial charge in [-0.05, 0) is 49.1 Å². The van der Waals surface area contributed by atoms with Crippen molar-refractivity contribution in [1.29, 1.82) is 0 Å². The number of hydrogen-bond donors (Lipinski definition) is 1. The summed E-state index contributed by atoms with van der Waals surface area (Å²) in [5, 5.41) is 12.3. The quantitative estimate of drug-likeness (QED) is 0.880. The number of rotatable bonds is 4. The van der Waals surface area contributed by atoms with Crippen LogP contribution >= 0.6 is 0 Å². The molecule has 1 aliphatic heterocycles. The molecule has 146 valence electrons. The normalized spacial score (nSPS) is 26.6. The van der Waals surface area contributed by atoms with Crippen LogP contribution in [0.25, 0.3) is 0 Å². The van der Waals surface area contributed by atoms with Crippen LogP contribution in [0.1, 0.15) is 47.5 Å². The molecule has 1 heterocycles. The minimum absolute atomic E-state index is 0.328. The summed E-state index contributed by atoms with van der Waals surface area (Å²) in [4.78, 5) is 31.3. The number of fused-ring (bicyclic) bond motifs is 1. The molecule has 0 radical (unpaired) electrons. The second kappa shape index (κ2) is 7.28. The molecule has 2 aromatic rings. The van der Waals surface area contributed by atoms with Crippen molar-refractivity contribution >= 4 is 11.9 Å². The lowest BCUT2D eigenvalue weighted by atomic mass is 9.75. The molecule has 28 heavy (non-hydrogen) atoms. The summed E-state index contributed by atoms with van der Waals surface area (Å²) in [5.74, 6) is -1.23. The number of ether oxygens (including phenoxy) is 1. The lowest BCUT2D eigenvalue weighted by molar-refractivity contribution is -0.253. The number of aliphatic hydroxyl groups is 1. The van der Waals surface area contributed by atoms with E-state index in [4.69, 9.17) is 9.57 Å². The summed E-state index contributed by atoms with van der Waals surface area (Å²) in [6.45, 7) is 0. The van der Waals surface area contributed by atoms with Crippen LogP contribution < -0.4 is 4.74 Å². The molecule has 0 spiro atoms. The summed E-state index contributed by atoms with van der Waals surface area (Å²) in [6.07, 6.45) is 2.78. The van der Waals surface area contributed by atoms with Crippen LogP contribution in [0, 0.1) is 5.92 Å². The summed E-state index contributed by atoms with van der Waals surface area (Å²) >= 11 is 0. The van der Waals surface area contributed by atoms with E-state index in [1.807, 2.05) is 12.1 Å². The monoisotopic (exact) mass is 381 g/mol. The van der Waals surface area contributed by atoms with Gasteiger partial charge in [-0.3, -0.25) is 4.79 Å². The smallest absolute Gasteiger partial charge is 0.363 e. The minimum Gasteiger partial charge on any atom is -0.497 e. The molecule has 4 rings (SSSR count). The van der Waals surface area contributed by atoms with Gasteiger partial charge in [-0.15, -0.1) is 5.06 Å². The van der Waals surface area contributed by atoms with Gasteiger partial charge in [0, 0.05) is 5.92 Å². The SMILES string of the molecule is COc1ccc([C@H]2C(=O)N(OC(=O)c3ccccc3)[C@]3(O)CCCC[C@H]23)cc1. The molecule has 0 bridgehead atoms. The molecule has 1 N–H and O–H groups in total. The summed E-state index contributed by atoms with van der Waals surface area (Å²) in [5.41, 5.74) is -0.363. The average molecular weight is 381 g/mol. The van der Waals surface area contributed by atoms with Gasteiger partial charge in [0.1, 0.15) is 5.75 Å². The number of hydrogen-bond acceptors (Lipinski definition) is 5. The van der Waals surface area contributed by atoms with Crippen molar-refractivity contribution in [3.05, 3.63) is 65.7 Å². The molecule has 2 aliphatic rings. The highest BCUT2D eigenvalue weighted by molar-refractivity contribution is 5.92. The van der Waals surface area contributed by atoms with Gasteiger partial charge in [-0.2, -0.15) is 0 Å². The first-order chi connectivity index (χ1) is 13.5. The first kappa shape index (κ1) is 18.5. The van der Waals surface area contributed by atoms with Crippen molar-refractivity contribution in [1.82, 2.24) is 5.06 Å².